The van der Waals surface area contributed by atoms with Crippen molar-refractivity contribution in [1.82, 2.24) is 0 Å². The molecule has 0 aliphatic rings. The molecule has 0 aliphatic carbocycles. The molecule has 1 N–H and O–H groups in total. The predicted octanol–water partition coefficient (Wildman–Crippen LogP) is 3.83. The Morgan fingerprint density at radius 3 is 2.83 bits per heavy atom. The molecule has 1 aromatic heterocycles. The first-order valence-electron chi connectivity index (χ1n) is 7.04. The minimum Gasteiger partial charge on any atom is -0.464 e. The number of nitrogens with one attached hydrogen (secondary N) is 1. The average molecular weight is 310 g/mol. The number of hydrogen-bond donors (Lipinski definition) is 1. The van der Waals surface area contributed by atoms with Crippen LogP contribution in [-0.4, -0.2) is 10.8 Å². The van der Waals surface area contributed by atoms with Gasteiger partial charge >= 0.3 is 0 Å². The van der Waals surface area contributed by atoms with Crippen LogP contribution in [0.4, 0.5) is 11.4 Å². The second-order valence-electron chi connectivity index (χ2n) is 5.26. The normalized spacial score (nSPS) is 10.7. The van der Waals surface area contributed by atoms with Crippen molar-refractivity contribution in [2.75, 3.05) is 5.32 Å². The molecular weight excluding hydrogens is 296 g/mol. The number of amides is 1. The van der Waals surface area contributed by atoms with E-state index >= 15 is 0 Å². The van der Waals surface area contributed by atoms with Gasteiger partial charge in [0.25, 0.3) is 5.69 Å². The van der Waals surface area contributed by atoms with Crippen LogP contribution in [0.1, 0.15) is 11.1 Å². The molecule has 0 radical (unpaired) electrons. The quantitative estimate of drug-likeness (QED) is 0.586. The van der Waals surface area contributed by atoms with Gasteiger partial charge in [-0.05, 0) is 24.6 Å². The smallest absolute Gasteiger partial charge is 0.292 e. The number of anilines is 1. The number of furan rings is 1. The number of nitrogens with zero attached hydrogens (tertiary/aromatic N) is 1. The number of benzene rings is 2. The molecule has 0 atom stereocenters. The van der Waals surface area contributed by atoms with E-state index in [4.69, 9.17) is 4.42 Å². The van der Waals surface area contributed by atoms with Crippen molar-refractivity contribution in [2.24, 2.45) is 0 Å². The summed E-state index contributed by atoms with van der Waals surface area (Å²) in [7, 11) is 0. The first-order valence-corrected chi connectivity index (χ1v) is 7.04. The predicted molar refractivity (Wildman–Crippen MR) is 86.4 cm³/mol. The van der Waals surface area contributed by atoms with Gasteiger partial charge in [-0.2, -0.15) is 0 Å². The van der Waals surface area contributed by atoms with Crippen LogP contribution in [0.15, 0.2) is 53.1 Å². The van der Waals surface area contributed by atoms with E-state index in [-0.39, 0.29) is 23.7 Å². The van der Waals surface area contributed by atoms with E-state index in [1.54, 1.807) is 18.4 Å². The summed E-state index contributed by atoms with van der Waals surface area (Å²) in [6, 6.07) is 11.8. The third-order valence-corrected chi connectivity index (χ3v) is 3.54. The summed E-state index contributed by atoms with van der Waals surface area (Å²) < 4.78 is 5.45. The summed E-state index contributed by atoms with van der Waals surface area (Å²) in [5, 5.41) is 14.4. The van der Waals surface area contributed by atoms with Crippen molar-refractivity contribution in [3.63, 3.8) is 0 Å². The lowest BCUT2D eigenvalue weighted by Crippen LogP contribution is -2.15. The van der Waals surface area contributed by atoms with Gasteiger partial charge in [-0.3, -0.25) is 14.9 Å². The maximum absolute atomic E-state index is 12.2. The molecule has 0 spiro atoms. The third kappa shape index (κ3) is 3.06. The Labute approximate surface area is 131 Å². The lowest BCUT2D eigenvalue weighted by Gasteiger charge is -2.05. The van der Waals surface area contributed by atoms with Crippen LogP contribution in [0.25, 0.3) is 11.0 Å². The summed E-state index contributed by atoms with van der Waals surface area (Å²) in [5.74, 6) is -0.331. The van der Waals surface area contributed by atoms with Gasteiger partial charge in [0, 0.05) is 17.0 Å². The summed E-state index contributed by atoms with van der Waals surface area (Å²) in [5.41, 5.74) is 2.59. The highest BCUT2D eigenvalue weighted by Crippen LogP contribution is 2.25. The molecule has 116 valence electrons. The Balaban J connectivity index is 1.81. The van der Waals surface area contributed by atoms with Crippen LogP contribution in [-0.2, 0) is 11.2 Å². The number of fused-ring (bicyclic) bond motifs is 1. The fourth-order valence-electron chi connectivity index (χ4n) is 2.43. The zero-order valence-electron chi connectivity index (χ0n) is 12.4. The van der Waals surface area contributed by atoms with E-state index in [9.17, 15) is 14.9 Å². The van der Waals surface area contributed by atoms with Crippen molar-refractivity contribution in [3.8, 4) is 0 Å². The first kappa shape index (κ1) is 14.8. The second-order valence-corrected chi connectivity index (χ2v) is 5.26. The molecular formula is C17H14N2O4. The van der Waals surface area contributed by atoms with Crippen LogP contribution in [0.2, 0.25) is 0 Å². The highest BCUT2D eigenvalue weighted by Gasteiger charge is 2.16. The van der Waals surface area contributed by atoms with Gasteiger partial charge < -0.3 is 9.73 Å². The largest absolute Gasteiger partial charge is 0.464 e. The van der Waals surface area contributed by atoms with Gasteiger partial charge in [0.1, 0.15) is 11.3 Å². The summed E-state index contributed by atoms with van der Waals surface area (Å²) in [4.78, 5) is 22.6. The maximum Gasteiger partial charge on any atom is 0.292 e. The summed E-state index contributed by atoms with van der Waals surface area (Å²) >= 11 is 0. The van der Waals surface area contributed by atoms with Crippen LogP contribution < -0.4 is 5.32 Å². The second kappa shape index (κ2) is 5.92. The lowest BCUT2D eigenvalue weighted by molar-refractivity contribution is -0.383. The molecule has 0 unspecified atom stereocenters. The van der Waals surface area contributed by atoms with E-state index in [1.807, 2.05) is 25.1 Å². The van der Waals surface area contributed by atoms with Crippen LogP contribution in [0.3, 0.4) is 0 Å². The summed E-state index contributed by atoms with van der Waals surface area (Å²) in [6.07, 6.45) is 1.63. The molecule has 1 amide bonds. The molecule has 0 saturated heterocycles. The first-order chi connectivity index (χ1) is 11.0. The van der Waals surface area contributed by atoms with E-state index in [0.29, 0.717) is 0 Å². The monoisotopic (exact) mass is 310 g/mol. The fraction of sp³-hybridized carbons (Fsp3) is 0.118. The molecule has 0 saturated carbocycles. The average Bonchev–Trinajstić information content (AvgIpc) is 2.89. The Kier molecular flexibility index (Phi) is 3.80. The molecule has 6 nitrogen and oxygen atoms in total. The lowest BCUT2D eigenvalue weighted by atomic mass is 10.1. The molecule has 3 rings (SSSR count). The molecule has 2 aromatic carbocycles. The number of carbonyl (C=O) groups is 1. The number of rotatable bonds is 4. The number of hydrogen-bond acceptors (Lipinski definition) is 4. The standard InChI is InChI=1S/C17H14N2O4/c1-11-6-7-13-12(10-23-16(13)8-11)9-17(20)18-14-4-2-3-5-15(14)19(21)22/h2-8,10H,9H2,1H3,(H,18,20). The van der Waals surface area contributed by atoms with Gasteiger partial charge in [-0.1, -0.05) is 24.3 Å². The molecule has 6 heteroatoms. The number of nitro benzene ring substituents is 1. The topological polar surface area (TPSA) is 85.4 Å². The Hall–Kier alpha value is -3.15. The zero-order valence-corrected chi connectivity index (χ0v) is 12.4. The van der Waals surface area contributed by atoms with Crippen molar-refractivity contribution >= 4 is 28.3 Å². The molecule has 0 bridgehead atoms. The maximum atomic E-state index is 12.2. The van der Waals surface area contributed by atoms with E-state index in [2.05, 4.69) is 5.32 Å². The van der Waals surface area contributed by atoms with Gasteiger partial charge in [-0.25, -0.2) is 0 Å². The van der Waals surface area contributed by atoms with E-state index in [0.717, 1.165) is 22.1 Å². The number of aryl methyl sites for hydroxylation is 1. The highest BCUT2D eigenvalue weighted by atomic mass is 16.6. The van der Waals surface area contributed by atoms with Crippen LogP contribution in [0, 0.1) is 17.0 Å². The fourth-order valence-corrected chi connectivity index (χ4v) is 2.43. The van der Waals surface area contributed by atoms with E-state index in [1.165, 1.54) is 12.1 Å². The minimum absolute atomic E-state index is 0.0854. The van der Waals surface area contributed by atoms with Gasteiger partial charge in [-0.15, -0.1) is 0 Å². The third-order valence-electron chi connectivity index (χ3n) is 3.54. The molecule has 0 fully saturated rings. The van der Waals surface area contributed by atoms with Gasteiger partial charge in [0.2, 0.25) is 5.91 Å². The van der Waals surface area contributed by atoms with Gasteiger partial charge in [0.15, 0.2) is 0 Å². The number of para-hydroxylation sites is 2. The summed E-state index contributed by atoms with van der Waals surface area (Å²) in [6.45, 7) is 1.96. The minimum atomic E-state index is -0.522. The zero-order chi connectivity index (χ0) is 16.4. The van der Waals surface area contributed by atoms with Crippen molar-refractivity contribution in [2.45, 2.75) is 13.3 Å². The Morgan fingerprint density at radius 1 is 1.26 bits per heavy atom. The molecule has 1 heterocycles. The van der Waals surface area contributed by atoms with E-state index < -0.39 is 4.92 Å². The highest BCUT2D eigenvalue weighted by molar-refractivity contribution is 5.96. The van der Waals surface area contributed by atoms with Crippen molar-refractivity contribution < 1.29 is 14.1 Å². The Morgan fingerprint density at radius 2 is 2.04 bits per heavy atom. The SMILES string of the molecule is Cc1ccc2c(CC(=O)Nc3ccccc3[N+](=O)[O-])coc2c1. The van der Waals surface area contributed by atoms with Crippen molar-refractivity contribution in [3.05, 3.63) is 70.0 Å². The van der Waals surface area contributed by atoms with Crippen LogP contribution in [0.5, 0.6) is 0 Å². The molecule has 0 aliphatic heterocycles. The Bertz CT molecular complexity index is 898. The molecule has 3 aromatic rings. The van der Waals surface area contributed by atoms with Gasteiger partial charge in [0.05, 0.1) is 17.6 Å². The molecule has 23 heavy (non-hydrogen) atoms. The van der Waals surface area contributed by atoms with Crippen molar-refractivity contribution in [1.29, 1.82) is 0 Å². The van der Waals surface area contributed by atoms with Crippen LogP contribution >= 0.6 is 0 Å². The number of carbonyl (C=O) groups excluding carboxylic acids is 1. The number of nitro groups is 1.